The molecule has 0 aliphatic heterocycles. The lowest BCUT2D eigenvalue weighted by Gasteiger charge is -2.07. The van der Waals surface area contributed by atoms with Gasteiger partial charge in [-0.3, -0.25) is 4.98 Å². The molecule has 0 unspecified atom stereocenters. The number of nitrogens with zero attached hydrogens (tertiary/aromatic N) is 2. The number of rotatable bonds is 4. The van der Waals surface area contributed by atoms with Crippen LogP contribution in [0.25, 0.3) is 21.5 Å². The smallest absolute Gasteiger partial charge is 0.138 e. The topological polar surface area (TPSA) is 41.6 Å². The number of aromatic nitrogens is 3. The zero-order valence-corrected chi connectivity index (χ0v) is 13.3. The van der Waals surface area contributed by atoms with Crippen LogP contribution in [0.5, 0.6) is 0 Å². The van der Waals surface area contributed by atoms with Gasteiger partial charge in [0.05, 0.1) is 5.69 Å². The minimum atomic E-state index is 0.853. The Hall–Kier alpha value is -2.11. The van der Waals surface area contributed by atoms with Gasteiger partial charge in [-0.1, -0.05) is 18.2 Å². The number of benzene rings is 1. The Kier molecular flexibility index (Phi) is 3.66. The largest absolute Gasteiger partial charge is 0.345 e. The maximum absolute atomic E-state index is 4.55. The minimum Gasteiger partial charge on any atom is -0.345 e. The summed E-state index contributed by atoms with van der Waals surface area (Å²) in [5, 5.41) is 3.38. The predicted octanol–water partition coefficient (Wildman–Crippen LogP) is 4.98. The summed E-state index contributed by atoms with van der Waals surface area (Å²) in [5.41, 5.74) is 2.27. The van der Waals surface area contributed by atoms with Gasteiger partial charge in [-0.15, -0.1) is 23.1 Å². The molecule has 0 amide bonds. The first-order chi connectivity index (χ1) is 10.9. The third kappa shape index (κ3) is 2.53. The Bertz CT molecular complexity index is 897. The van der Waals surface area contributed by atoms with Gasteiger partial charge < -0.3 is 4.98 Å². The van der Waals surface area contributed by atoms with Gasteiger partial charge in [-0.25, -0.2) is 4.98 Å². The van der Waals surface area contributed by atoms with Gasteiger partial charge in [0.25, 0.3) is 0 Å². The summed E-state index contributed by atoms with van der Waals surface area (Å²) in [7, 11) is 0. The summed E-state index contributed by atoms with van der Waals surface area (Å²) in [6, 6.07) is 12.6. The summed E-state index contributed by atoms with van der Waals surface area (Å²) in [6.45, 7) is 0. The normalized spacial score (nSPS) is 11.1. The van der Waals surface area contributed by atoms with Crippen molar-refractivity contribution >= 4 is 33.2 Å². The van der Waals surface area contributed by atoms with Crippen LogP contribution in [0.3, 0.4) is 0 Å². The Morgan fingerprint density at radius 1 is 1.05 bits per heavy atom. The second kappa shape index (κ2) is 5.94. The number of fused-ring (bicyclic) bond motifs is 1. The molecule has 4 rings (SSSR count). The van der Waals surface area contributed by atoms with Crippen LogP contribution in [0.15, 0.2) is 65.3 Å². The molecule has 3 aromatic heterocycles. The number of imidazole rings is 1. The molecule has 5 heteroatoms. The minimum absolute atomic E-state index is 0.853. The maximum Gasteiger partial charge on any atom is 0.138 e. The van der Waals surface area contributed by atoms with Crippen molar-refractivity contribution in [3.8, 4) is 11.4 Å². The van der Waals surface area contributed by atoms with Crippen LogP contribution in [-0.4, -0.2) is 15.0 Å². The third-order valence-corrected chi connectivity index (χ3v) is 5.43. The van der Waals surface area contributed by atoms with Gasteiger partial charge in [-0.2, -0.15) is 0 Å². The van der Waals surface area contributed by atoms with E-state index in [2.05, 4.69) is 50.7 Å². The van der Waals surface area contributed by atoms with E-state index >= 15 is 0 Å². The van der Waals surface area contributed by atoms with E-state index in [1.807, 2.05) is 18.5 Å². The molecule has 0 radical (unpaired) electrons. The number of hydrogen-bond acceptors (Lipinski definition) is 4. The van der Waals surface area contributed by atoms with Crippen molar-refractivity contribution in [3.05, 3.63) is 66.1 Å². The zero-order chi connectivity index (χ0) is 14.8. The van der Waals surface area contributed by atoms with Gasteiger partial charge in [0, 0.05) is 44.9 Å². The molecule has 108 valence electrons. The van der Waals surface area contributed by atoms with Crippen LogP contribution in [0, 0.1) is 0 Å². The molecule has 0 fully saturated rings. The number of thiophene rings is 1. The van der Waals surface area contributed by atoms with Gasteiger partial charge >= 0.3 is 0 Å². The highest BCUT2D eigenvalue weighted by Gasteiger charge is 2.09. The van der Waals surface area contributed by atoms with E-state index in [1.54, 1.807) is 29.3 Å². The number of nitrogens with one attached hydrogen (secondary N) is 1. The first-order valence-electron chi connectivity index (χ1n) is 6.94. The molecule has 0 bridgehead atoms. The van der Waals surface area contributed by atoms with Gasteiger partial charge in [0.15, 0.2) is 0 Å². The van der Waals surface area contributed by atoms with Gasteiger partial charge in [0.2, 0.25) is 0 Å². The van der Waals surface area contributed by atoms with E-state index in [1.165, 1.54) is 15.0 Å². The van der Waals surface area contributed by atoms with Crippen LogP contribution >= 0.6 is 23.1 Å². The number of hydrogen-bond donors (Lipinski definition) is 1. The molecule has 3 heterocycles. The molecule has 0 atom stereocenters. The molecular weight excluding hydrogens is 310 g/mol. The SMILES string of the molecule is c1ccc(-c2ncc[nH]2)c(SCc2nccc3sccc23)c1. The summed E-state index contributed by atoms with van der Waals surface area (Å²) >= 11 is 3.56. The van der Waals surface area contributed by atoms with Crippen molar-refractivity contribution in [1.29, 1.82) is 0 Å². The molecule has 0 aliphatic rings. The number of H-pyrrole nitrogens is 1. The lowest BCUT2D eigenvalue weighted by Crippen LogP contribution is -1.89. The van der Waals surface area contributed by atoms with Crippen molar-refractivity contribution in [2.75, 3.05) is 0 Å². The fraction of sp³-hybridized carbons (Fsp3) is 0.0588. The molecular formula is C17H13N3S2. The highest BCUT2D eigenvalue weighted by Crippen LogP contribution is 2.33. The number of thioether (sulfide) groups is 1. The van der Waals surface area contributed by atoms with Crippen LogP contribution in [0.1, 0.15) is 5.69 Å². The number of pyridine rings is 1. The first-order valence-corrected chi connectivity index (χ1v) is 8.81. The molecule has 22 heavy (non-hydrogen) atoms. The first kappa shape index (κ1) is 13.5. The standard InChI is InChI=1S/C17H13N3S2/c1-2-4-15(13(3-1)17-19-8-9-20-17)22-11-14-12-6-10-21-16(12)5-7-18-14/h1-10H,11H2,(H,19,20). The van der Waals surface area contributed by atoms with E-state index in [-0.39, 0.29) is 0 Å². The second-order valence-corrected chi connectivity index (χ2v) is 6.78. The highest BCUT2D eigenvalue weighted by molar-refractivity contribution is 7.98. The van der Waals surface area contributed by atoms with E-state index < -0.39 is 0 Å². The summed E-state index contributed by atoms with van der Waals surface area (Å²) in [5.74, 6) is 1.76. The van der Waals surface area contributed by atoms with E-state index in [0.29, 0.717) is 0 Å². The fourth-order valence-corrected chi connectivity index (χ4v) is 4.24. The van der Waals surface area contributed by atoms with Crippen LogP contribution < -0.4 is 0 Å². The Balaban J connectivity index is 1.64. The second-order valence-electron chi connectivity index (χ2n) is 4.81. The highest BCUT2D eigenvalue weighted by atomic mass is 32.2. The summed E-state index contributed by atoms with van der Waals surface area (Å²) < 4.78 is 1.30. The average molecular weight is 323 g/mol. The maximum atomic E-state index is 4.55. The van der Waals surface area contributed by atoms with Crippen molar-refractivity contribution in [3.63, 3.8) is 0 Å². The third-order valence-electron chi connectivity index (χ3n) is 3.47. The molecule has 3 nitrogen and oxygen atoms in total. The van der Waals surface area contributed by atoms with Gasteiger partial charge in [-0.05, 0) is 23.6 Å². The molecule has 4 aromatic rings. The number of aromatic amines is 1. The fourth-order valence-electron chi connectivity index (χ4n) is 2.41. The Morgan fingerprint density at radius 2 is 2.00 bits per heavy atom. The van der Waals surface area contributed by atoms with Crippen molar-refractivity contribution < 1.29 is 0 Å². The van der Waals surface area contributed by atoms with Crippen LogP contribution in [0.4, 0.5) is 0 Å². The van der Waals surface area contributed by atoms with E-state index in [0.717, 1.165) is 22.8 Å². The average Bonchev–Trinajstić information content (AvgIpc) is 3.24. The molecule has 0 saturated heterocycles. The molecule has 0 aliphatic carbocycles. The molecule has 0 spiro atoms. The van der Waals surface area contributed by atoms with Gasteiger partial charge in [0.1, 0.15) is 5.82 Å². The van der Waals surface area contributed by atoms with E-state index in [4.69, 9.17) is 0 Å². The molecule has 1 N–H and O–H groups in total. The Labute approximate surface area is 136 Å². The van der Waals surface area contributed by atoms with E-state index in [9.17, 15) is 0 Å². The molecule has 1 aromatic carbocycles. The van der Waals surface area contributed by atoms with Crippen LogP contribution in [0.2, 0.25) is 0 Å². The predicted molar refractivity (Wildman–Crippen MR) is 93.2 cm³/mol. The zero-order valence-electron chi connectivity index (χ0n) is 11.7. The monoisotopic (exact) mass is 323 g/mol. The lowest BCUT2D eigenvalue weighted by molar-refractivity contribution is 1.21. The van der Waals surface area contributed by atoms with Crippen molar-refractivity contribution in [2.45, 2.75) is 10.6 Å². The van der Waals surface area contributed by atoms with Crippen molar-refractivity contribution in [2.24, 2.45) is 0 Å². The summed E-state index contributed by atoms with van der Waals surface area (Å²) in [6.07, 6.45) is 5.53. The summed E-state index contributed by atoms with van der Waals surface area (Å²) in [4.78, 5) is 13.3. The van der Waals surface area contributed by atoms with Crippen LogP contribution in [-0.2, 0) is 5.75 Å². The quantitative estimate of drug-likeness (QED) is 0.539. The van der Waals surface area contributed by atoms with Crippen molar-refractivity contribution in [1.82, 2.24) is 15.0 Å². The Morgan fingerprint density at radius 3 is 2.91 bits per heavy atom. The molecule has 0 saturated carbocycles. The lowest BCUT2D eigenvalue weighted by atomic mass is 10.2.